The van der Waals surface area contributed by atoms with Gasteiger partial charge in [0, 0.05) is 13.1 Å². The second-order valence-corrected chi connectivity index (χ2v) is 7.68. The highest BCUT2D eigenvalue weighted by Gasteiger charge is 2.34. The van der Waals surface area contributed by atoms with E-state index < -0.39 is 16.1 Å². The molecule has 7 nitrogen and oxygen atoms in total. The number of rotatable bonds is 3. The number of sulfonamides is 1. The zero-order valence-electron chi connectivity index (χ0n) is 12.6. The van der Waals surface area contributed by atoms with Crippen LogP contribution in [0, 0.1) is 0 Å². The molecule has 2 saturated heterocycles. The van der Waals surface area contributed by atoms with Crippen LogP contribution in [0.5, 0.6) is 0 Å². The summed E-state index contributed by atoms with van der Waals surface area (Å²) in [6.07, 6.45) is 0. The number of nitrogens with one attached hydrogen (secondary N) is 1. The Morgan fingerprint density at radius 3 is 2.61 bits per heavy atom. The number of carbonyl (C=O) groups excluding carboxylic acids is 1. The first-order chi connectivity index (χ1) is 10.9. The Hall–Kier alpha value is -1.55. The third-order valence-electron chi connectivity index (χ3n) is 3.82. The molecule has 0 radical (unpaired) electrons. The van der Waals surface area contributed by atoms with Gasteiger partial charge in [-0.1, -0.05) is 6.07 Å². The molecule has 0 bridgehead atoms. The summed E-state index contributed by atoms with van der Waals surface area (Å²) in [5.74, 6) is -0.198. The van der Waals surface area contributed by atoms with E-state index in [1.165, 1.54) is 21.3 Å². The molecule has 1 atom stereocenters. The summed E-state index contributed by atoms with van der Waals surface area (Å²) in [6.45, 7) is 3.13. The van der Waals surface area contributed by atoms with Gasteiger partial charge in [0.2, 0.25) is 10.0 Å². The number of nitrogens with zero attached hydrogens (tertiary/aromatic N) is 2. The first-order valence-electron chi connectivity index (χ1n) is 7.23. The normalized spacial score (nSPS) is 23.2. The third-order valence-corrected chi connectivity index (χ3v) is 6.01. The maximum atomic E-state index is 12.7. The van der Waals surface area contributed by atoms with E-state index in [0.717, 1.165) is 0 Å². The molecular formula is C14H17N3O4S2. The molecular weight excluding hydrogens is 338 g/mol. The van der Waals surface area contributed by atoms with E-state index in [1.54, 1.807) is 19.1 Å². The molecule has 2 heterocycles. The van der Waals surface area contributed by atoms with E-state index in [1.807, 2.05) is 0 Å². The molecule has 124 valence electrons. The molecule has 1 N–H and O–H groups in total. The van der Waals surface area contributed by atoms with E-state index in [2.05, 4.69) is 5.32 Å². The second kappa shape index (κ2) is 6.16. The summed E-state index contributed by atoms with van der Waals surface area (Å²) in [4.78, 5) is 13.7. The molecule has 3 rings (SSSR count). The predicted octanol–water partition coefficient (Wildman–Crippen LogP) is 0.317. The molecule has 0 aliphatic carbocycles. The van der Waals surface area contributed by atoms with Gasteiger partial charge < -0.3 is 10.1 Å². The smallest absolute Gasteiger partial charge is 0.255 e. The predicted molar refractivity (Wildman–Crippen MR) is 88.7 cm³/mol. The molecule has 1 aromatic rings. The molecule has 2 aliphatic heterocycles. The van der Waals surface area contributed by atoms with Crippen LogP contribution in [0.2, 0.25) is 0 Å². The topological polar surface area (TPSA) is 79.0 Å². The average molecular weight is 355 g/mol. The minimum Gasteiger partial charge on any atom is -0.379 e. The largest absolute Gasteiger partial charge is 0.379 e. The van der Waals surface area contributed by atoms with Crippen LogP contribution in [0.4, 0.5) is 5.69 Å². The average Bonchev–Trinajstić information content (AvgIpc) is 2.81. The highest BCUT2D eigenvalue weighted by molar-refractivity contribution is 7.89. The van der Waals surface area contributed by atoms with Crippen molar-refractivity contribution < 1.29 is 17.9 Å². The first-order valence-corrected chi connectivity index (χ1v) is 9.08. The Kier molecular flexibility index (Phi) is 4.37. The Morgan fingerprint density at radius 2 is 2.00 bits per heavy atom. The van der Waals surface area contributed by atoms with Crippen LogP contribution in [0.1, 0.15) is 6.92 Å². The summed E-state index contributed by atoms with van der Waals surface area (Å²) in [5.41, 5.74) is 0.450. The Morgan fingerprint density at radius 1 is 1.30 bits per heavy atom. The Balaban J connectivity index is 1.94. The zero-order valence-corrected chi connectivity index (χ0v) is 14.2. The first kappa shape index (κ1) is 16.3. The molecule has 0 saturated carbocycles. The van der Waals surface area contributed by atoms with Crippen LogP contribution >= 0.6 is 12.2 Å². The summed E-state index contributed by atoms with van der Waals surface area (Å²) < 4.78 is 32.0. The quantitative estimate of drug-likeness (QED) is 0.787. The SMILES string of the molecule is C[C@@H]1NC(=S)N(c2cccc(S(=O)(=O)N3CCOCC3)c2)C1=O. The number of benzene rings is 1. The summed E-state index contributed by atoms with van der Waals surface area (Å²) in [5, 5.41) is 3.15. The van der Waals surface area contributed by atoms with E-state index >= 15 is 0 Å². The van der Waals surface area contributed by atoms with Crippen LogP contribution in [0.25, 0.3) is 0 Å². The van der Waals surface area contributed by atoms with Gasteiger partial charge in [-0.3, -0.25) is 9.69 Å². The van der Waals surface area contributed by atoms with Crippen LogP contribution in [0.3, 0.4) is 0 Å². The standard InChI is InChI=1S/C14H17N3O4S2/c1-10-13(18)17(14(22)15-10)11-3-2-4-12(9-11)23(19,20)16-5-7-21-8-6-16/h2-4,9-10H,5-8H2,1H3,(H,15,22)/t10-/m0/s1. The number of carbonyl (C=O) groups is 1. The van der Waals surface area contributed by atoms with Crippen molar-refractivity contribution in [3.05, 3.63) is 24.3 Å². The molecule has 0 aromatic heterocycles. The maximum absolute atomic E-state index is 12.7. The van der Waals surface area contributed by atoms with Gasteiger partial charge in [-0.15, -0.1) is 0 Å². The van der Waals surface area contributed by atoms with Crippen molar-refractivity contribution in [1.82, 2.24) is 9.62 Å². The molecule has 2 fully saturated rings. The van der Waals surface area contributed by atoms with Crippen molar-refractivity contribution >= 4 is 38.9 Å². The second-order valence-electron chi connectivity index (χ2n) is 5.36. The number of anilines is 1. The number of amides is 1. The van der Waals surface area contributed by atoms with Crippen molar-refractivity contribution in [2.75, 3.05) is 31.2 Å². The third kappa shape index (κ3) is 2.97. The minimum absolute atomic E-state index is 0.145. The molecule has 9 heteroatoms. The summed E-state index contributed by atoms with van der Waals surface area (Å²) in [6, 6.07) is 5.87. The number of hydrogen-bond acceptors (Lipinski definition) is 5. The Bertz CT molecular complexity index is 744. The van der Waals surface area contributed by atoms with Crippen LogP contribution < -0.4 is 10.2 Å². The summed E-state index contributed by atoms with van der Waals surface area (Å²) in [7, 11) is -3.61. The van der Waals surface area contributed by atoms with Crippen molar-refractivity contribution in [2.24, 2.45) is 0 Å². The van der Waals surface area contributed by atoms with E-state index in [-0.39, 0.29) is 15.9 Å². The van der Waals surface area contributed by atoms with Crippen molar-refractivity contribution in [1.29, 1.82) is 0 Å². The van der Waals surface area contributed by atoms with Gasteiger partial charge >= 0.3 is 0 Å². The van der Waals surface area contributed by atoms with Crippen molar-refractivity contribution in [2.45, 2.75) is 17.9 Å². The van der Waals surface area contributed by atoms with E-state index in [9.17, 15) is 13.2 Å². The number of morpholine rings is 1. The highest BCUT2D eigenvalue weighted by Crippen LogP contribution is 2.25. The van der Waals surface area contributed by atoms with Gasteiger partial charge in [-0.25, -0.2) is 8.42 Å². The van der Waals surface area contributed by atoms with Crippen LogP contribution in [0.15, 0.2) is 29.2 Å². The maximum Gasteiger partial charge on any atom is 0.255 e. The lowest BCUT2D eigenvalue weighted by molar-refractivity contribution is -0.117. The number of thiocarbonyl (C=S) groups is 1. The fourth-order valence-electron chi connectivity index (χ4n) is 2.57. The zero-order chi connectivity index (χ0) is 16.6. The molecule has 0 unspecified atom stereocenters. The number of hydrogen-bond donors (Lipinski definition) is 1. The van der Waals surface area contributed by atoms with Gasteiger partial charge in [-0.05, 0) is 37.3 Å². The lowest BCUT2D eigenvalue weighted by atomic mass is 10.2. The lowest BCUT2D eigenvalue weighted by Gasteiger charge is -2.26. The van der Waals surface area contributed by atoms with E-state index in [0.29, 0.717) is 32.0 Å². The number of ether oxygens (including phenoxy) is 1. The molecule has 0 spiro atoms. The fraction of sp³-hybridized carbons (Fsp3) is 0.429. The van der Waals surface area contributed by atoms with Gasteiger partial charge in [0.25, 0.3) is 5.91 Å². The van der Waals surface area contributed by atoms with Crippen molar-refractivity contribution in [3.8, 4) is 0 Å². The molecule has 1 aromatic carbocycles. The van der Waals surface area contributed by atoms with Gasteiger partial charge in [0.15, 0.2) is 5.11 Å². The Labute approximate surface area is 140 Å². The lowest BCUT2D eigenvalue weighted by Crippen LogP contribution is -2.40. The van der Waals surface area contributed by atoms with Crippen LogP contribution in [-0.4, -0.2) is 56.1 Å². The molecule has 2 aliphatic rings. The van der Waals surface area contributed by atoms with Crippen molar-refractivity contribution in [3.63, 3.8) is 0 Å². The van der Waals surface area contributed by atoms with Gasteiger partial charge in [-0.2, -0.15) is 4.31 Å². The highest BCUT2D eigenvalue weighted by atomic mass is 32.2. The van der Waals surface area contributed by atoms with Gasteiger partial charge in [0.05, 0.1) is 23.8 Å². The fourth-order valence-corrected chi connectivity index (χ4v) is 4.39. The summed E-state index contributed by atoms with van der Waals surface area (Å²) >= 11 is 5.16. The monoisotopic (exact) mass is 355 g/mol. The molecule has 23 heavy (non-hydrogen) atoms. The van der Waals surface area contributed by atoms with Crippen LogP contribution in [-0.2, 0) is 19.6 Å². The van der Waals surface area contributed by atoms with Gasteiger partial charge in [0.1, 0.15) is 6.04 Å². The van der Waals surface area contributed by atoms with E-state index in [4.69, 9.17) is 17.0 Å². The minimum atomic E-state index is -3.61. The molecule has 1 amide bonds.